The highest BCUT2D eigenvalue weighted by molar-refractivity contribution is 7.15. The summed E-state index contributed by atoms with van der Waals surface area (Å²) in [5.41, 5.74) is 6.24. The number of amides is 1. The number of carbonyl (C=O) groups excluding carboxylic acids is 1. The van der Waals surface area contributed by atoms with Crippen molar-refractivity contribution in [2.75, 3.05) is 25.0 Å². The van der Waals surface area contributed by atoms with Crippen LogP contribution in [0.4, 0.5) is 10.9 Å². The maximum absolute atomic E-state index is 11.2. The van der Waals surface area contributed by atoms with E-state index in [1.165, 1.54) is 0 Å². The molecule has 1 unspecified atom stereocenters. The van der Waals surface area contributed by atoms with E-state index < -0.39 is 0 Å². The van der Waals surface area contributed by atoms with Crippen LogP contribution in [0, 0.1) is 13.8 Å². The summed E-state index contributed by atoms with van der Waals surface area (Å²) in [6, 6.07) is 1.92. The Morgan fingerprint density at radius 1 is 1.46 bits per heavy atom. The van der Waals surface area contributed by atoms with Gasteiger partial charge < -0.3 is 11.1 Å². The molecule has 8 heteroatoms. The molecule has 1 fully saturated rings. The van der Waals surface area contributed by atoms with Crippen LogP contribution in [0.1, 0.15) is 35.2 Å². The van der Waals surface area contributed by atoms with Crippen LogP contribution >= 0.6 is 11.3 Å². The summed E-state index contributed by atoms with van der Waals surface area (Å²) in [5, 5.41) is 4.09. The van der Waals surface area contributed by atoms with Gasteiger partial charge in [-0.25, -0.2) is 15.0 Å². The van der Waals surface area contributed by atoms with Gasteiger partial charge in [0, 0.05) is 35.3 Å². The van der Waals surface area contributed by atoms with Crippen molar-refractivity contribution in [2.45, 2.75) is 32.6 Å². The molecular formula is C16H22N6OS. The number of carbonyl (C=O) groups is 1. The minimum atomic E-state index is -0.290. The molecule has 1 saturated heterocycles. The standard InChI is InChI=1S/C16H22N6OS/c1-10-6-14(21-16-18-7-11(2)24-16)20-15(19-10)12-4-3-5-22(8-12)9-13(17)23/h6-7,12H,3-5,8-9H2,1-2H3,(H2,17,23)(H,18,19,20,21). The predicted octanol–water partition coefficient (Wildman–Crippen LogP) is 1.96. The summed E-state index contributed by atoms with van der Waals surface area (Å²) >= 11 is 1.59. The molecule has 0 aliphatic carbocycles. The van der Waals surface area contributed by atoms with Crippen LogP contribution in [0.3, 0.4) is 0 Å². The van der Waals surface area contributed by atoms with Crippen molar-refractivity contribution < 1.29 is 4.79 Å². The Labute approximate surface area is 145 Å². The Hall–Kier alpha value is -2.06. The lowest BCUT2D eigenvalue weighted by molar-refractivity contribution is -0.119. The third kappa shape index (κ3) is 4.27. The molecule has 3 N–H and O–H groups in total. The average molecular weight is 346 g/mol. The molecule has 2 aromatic rings. The van der Waals surface area contributed by atoms with E-state index >= 15 is 0 Å². The molecule has 0 bridgehead atoms. The first-order chi connectivity index (χ1) is 11.5. The van der Waals surface area contributed by atoms with Crippen molar-refractivity contribution in [3.8, 4) is 0 Å². The zero-order chi connectivity index (χ0) is 17.1. The van der Waals surface area contributed by atoms with E-state index in [0.29, 0.717) is 6.54 Å². The number of nitrogens with one attached hydrogen (secondary N) is 1. The first kappa shape index (κ1) is 16.8. The van der Waals surface area contributed by atoms with Crippen molar-refractivity contribution in [1.82, 2.24) is 19.9 Å². The largest absolute Gasteiger partial charge is 0.369 e. The smallest absolute Gasteiger partial charge is 0.231 e. The lowest BCUT2D eigenvalue weighted by atomic mass is 9.97. The quantitative estimate of drug-likeness (QED) is 0.859. The number of rotatable bonds is 5. The van der Waals surface area contributed by atoms with Crippen LogP contribution in [-0.4, -0.2) is 45.4 Å². The molecule has 7 nitrogen and oxygen atoms in total. The van der Waals surface area contributed by atoms with Gasteiger partial charge in [0.1, 0.15) is 11.6 Å². The number of hydrogen-bond donors (Lipinski definition) is 2. The highest BCUT2D eigenvalue weighted by atomic mass is 32.1. The fraction of sp³-hybridized carbons (Fsp3) is 0.500. The molecule has 24 heavy (non-hydrogen) atoms. The maximum Gasteiger partial charge on any atom is 0.231 e. The van der Waals surface area contributed by atoms with Crippen LogP contribution in [-0.2, 0) is 4.79 Å². The zero-order valence-corrected chi connectivity index (χ0v) is 14.8. The molecule has 3 heterocycles. The summed E-state index contributed by atoms with van der Waals surface area (Å²) in [5.74, 6) is 1.51. The number of piperidine rings is 1. The lowest BCUT2D eigenvalue weighted by Gasteiger charge is -2.31. The highest BCUT2D eigenvalue weighted by Crippen LogP contribution is 2.27. The summed E-state index contributed by atoms with van der Waals surface area (Å²) in [6.07, 6.45) is 3.88. The fourth-order valence-electron chi connectivity index (χ4n) is 2.99. The minimum Gasteiger partial charge on any atom is -0.369 e. The van der Waals surface area contributed by atoms with Gasteiger partial charge in [-0.3, -0.25) is 9.69 Å². The number of aromatic nitrogens is 3. The number of anilines is 2. The number of nitrogens with zero attached hydrogens (tertiary/aromatic N) is 4. The van der Waals surface area contributed by atoms with Crippen molar-refractivity contribution in [1.29, 1.82) is 0 Å². The molecule has 1 atom stereocenters. The van der Waals surface area contributed by atoms with Crippen molar-refractivity contribution in [3.63, 3.8) is 0 Å². The van der Waals surface area contributed by atoms with Gasteiger partial charge in [-0.05, 0) is 33.2 Å². The van der Waals surface area contributed by atoms with E-state index in [1.807, 2.05) is 26.1 Å². The van der Waals surface area contributed by atoms with E-state index in [1.54, 1.807) is 11.3 Å². The molecule has 128 valence electrons. The molecule has 2 aromatic heterocycles. The second kappa shape index (κ2) is 7.23. The molecule has 1 aliphatic heterocycles. The van der Waals surface area contributed by atoms with Gasteiger partial charge >= 0.3 is 0 Å². The van der Waals surface area contributed by atoms with E-state index in [4.69, 9.17) is 5.73 Å². The number of thiazole rings is 1. The van der Waals surface area contributed by atoms with Gasteiger partial charge in [-0.2, -0.15) is 0 Å². The number of hydrogen-bond acceptors (Lipinski definition) is 7. The van der Waals surface area contributed by atoms with Gasteiger partial charge in [0.25, 0.3) is 0 Å². The Balaban J connectivity index is 1.76. The number of likely N-dealkylation sites (tertiary alicyclic amines) is 1. The third-order valence-electron chi connectivity index (χ3n) is 3.98. The highest BCUT2D eigenvalue weighted by Gasteiger charge is 2.24. The topological polar surface area (TPSA) is 97.0 Å². The Bertz CT molecular complexity index is 731. The number of aryl methyl sites for hydroxylation is 2. The van der Waals surface area contributed by atoms with Crippen LogP contribution < -0.4 is 11.1 Å². The van der Waals surface area contributed by atoms with E-state index in [-0.39, 0.29) is 11.8 Å². The van der Waals surface area contributed by atoms with Crippen molar-refractivity contribution >= 4 is 28.2 Å². The normalized spacial score (nSPS) is 18.5. The van der Waals surface area contributed by atoms with Crippen LogP contribution in [0.25, 0.3) is 0 Å². The number of primary amides is 1. The van der Waals surface area contributed by atoms with Gasteiger partial charge in [0.2, 0.25) is 5.91 Å². The second-order valence-electron chi connectivity index (χ2n) is 6.19. The first-order valence-electron chi connectivity index (χ1n) is 8.05. The van der Waals surface area contributed by atoms with Gasteiger partial charge in [-0.1, -0.05) is 0 Å². The van der Waals surface area contributed by atoms with Gasteiger partial charge in [-0.15, -0.1) is 11.3 Å². The molecule has 1 aliphatic rings. The third-order valence-corrected chi connectivity index (χ3v) is 4.81. The lowest BCUT2D eigenvalue weighted by Crippen LogP contribution is -2.40. The second-order valence-corrected chi connectivity index (χ2v) is 7.43. The number of nitrogens with two attached hydrogens (primary N) is 1. The zero-order valence-electron chi connectivity index (χ0n) is 14.0. The summed E-state index contributed by atoms with van der Waals surface area (Å²) < 4.78 is 0. The fourth-order valence-corrected chi connectivity index (χ4v) is 3.66. The summed E-state index contributed by atoms with van der Waals surface area (Å²) in [4.78, 5) is 28.0. The van der Waals surface area contributed by atoms with Crippen molar-refractivity contribution in [3.05, 3.63) is 28.7 Å². The Kier molecular flexibility index (Phi) is 5.06. The minimum absolute atomic E-state index is 0.219. The maximum atomic E-state index is 11.2. The SMILES string of the molecule is Cc1cc(Nc2ncc(C)s2)nc(C2CCCN(CC(N)=O)C2)n1. The average Bonchev–Trinajstić information content (AvgIpc) is 2.91. The van der Waals surface area contributed by atoms with Crippen LogP contribution in [0.5, 0.6) is 0 Å². The van der Waals surface area contributed by atoms with Gasteiger partial charge in [0.05, 0.1) is 6.54 Å². The molecule has 1 amide bonds. The molecule has 0 aromatic carbocycles. The molecule has 0 radical (unpaired) electrons. The Morgan fingerprint density at radius 3 is 3.00 bits per heavy atom. The molecule has 3 rings (SSSR count). The van der Waals surface area contributed by atoms with E-state index in [2.05, 4.69) is 25.2 Å². The monoisotopic (exact) mass is 346 g/mol. The van der Waals surface area contributed by atoms with Gasteiger partial charge in [0.15, 0.2) is 5.13 Å². The van der Waals surface area contributed by atoms with E-state index in [0.717, 1.165) is 53.3 Å². The summed E-state index contributed by atoms with van der Waals surface area (Å²) in [6.45, 7) is 5.95. The first-order valence-corrected chi connectivity index (χ1v) is 8.87. The predicted molar refractivity (Wildman–Crippen MR) is 94.5 cm³/mol. The summed E-state index contributed by atoms with van der Waals surface area (Å²) in [7, 11) is 0. The van der Waals surface area contributed by atoms with Crippen molar-refractivity contribution in [2.24, 2.45) is 5.73 Å². The molecule has 0 spiro atoms. The molecule has 0 saturated carbocycles. The molecular weight excluding hydrogens is 324 g/mol. The van der Waals surface area contributed by atoms with E-state index in [9.17, 15) is 4.79 Å². The Morgan fingerprint density at radius 2 is 2.29 bits per heavy atom. The van der Waals surface area contributed by atoms with Crippen LogP contribution in [0.15, 0.2) is 12.3 Å². The van der Waals surface area contributed by atoms with Crippen LogP contribution in [0.2, 0.25) is 0 Å².